The summed E-state index contributed by atoms with van der Waals surface area (Å²) in [5, 5.41) is 0. The van der Waals surface area contributed by atoms with Gasteiger partial charge in [0, 0.05) is 6.61 Å². The van der Waals surface area contributed by atoms with Gasteiger partial charge >= 0.3 is 0 Å². The largest absolute Gasteiger partial charge is 0.371 e. The molecule has 0 saturated carbocycles. The highest BCUT2D eigenvalue weighted by atomic mass is 16.5. The highest BCUT2D eigenvalue weighted by molar-refractivity contribution is 5.07. The van der Waals surface area contributed by atoms with Gasteiger partial charge in [-0.3, -0.25) is 0 Å². The quantitative estimate of drug-likeness (QED) is 0.508. The summed E-state index contributed by atoms with van der Waals surface area (Å²) in [4.78, 5) is 0. The van der Waals surface area contributed by atoms with Crippen LogP contribution in [0.3, 0.4) is 0 Å². The Balaban J connectivity index is 2.59. The molecule has 0 aromatic rings. The molecule has 0 aromatic heterocycles. The minimum atomic E-state index is 0.0544. The normalized spacial score (nSPS) is 32.3. The van der Waals surface area contributed by atoms with Crippen molar-refractivity contribution in [1.29, 1.82) is 0 Å². The maximum Gasteiger partial charge on any atom is 0.0837 e. The first-order valence-corrected chi connectivity index (χ1v) is 3.92. The van der Waals surface area contributed by atoms with Gasteiger partial charge in [0.1, 0.15) is 0 Å². The maximum atomic E-state index is 5.57. The zero-order valence-electron chi connectivity index (χ0n) is 7.11. The van der Waals surface area contributed by atoms with Gasteiger partial charge in [-0.2, -0.15) is 0 Å². The third-order valence-corrected chi connectivity index (χ3v) is 1.84. The predicted molar refractivity (Wildman–Crippen MR) is 43.0 cm³/mol. The highest BCUT2D eigenvalue weighted by Gasteiger charge is 2.26. The first-order valence-electron chi connectivity index (χ1n) is 3.92. The summed E-state index contributed by atoms with van der Waals surface area (Å²) in [5.41, 5.74) is 1.41. The van der Waals surface area contributed by atoms with E-state index in [1.54, 1.807) is 0 Å². The van der Waals surface area contributed by atoms with E-state index >= 15 is 0 Å². The van der Waals surface area contributed by atoms with Gasteiger partial charge in [0.25, 0.3) is 0 Å². The van der Waals surface area contributed by atoms with Gasteiger partial charge in [-0.05, 0) is 33.6 Å². The fourth-order valence-corrected chi connectivity index (χ4v) is 1.53. The molecule has 1 heteroatoms. The van der Waals surface area contributed by atoms with E-state index in [1.165, 1.54) is 18.4 Å². The molecule has 1 saturated heterocycles. The molecule has 0 amide bonds. The van der Waals surface area contributed by atoms with E-state index in [-0.39, 0.29) is 5.60 Å². The van der Waals surface area contributed by atoms with Crippen molar-refractivity contribution in [1.82, 2.24) is 0 Å². The van der Waals surface area contributed by atoms with Crippen molar-refractivity contribution in [2.24, 2.45) is 0 Å². The lowest BCUT2D eigenvalue weighted by Gasteiger charge is -2.18. The highest BCUT2D eigenvalue weighted by Crippen LogP contribution is 2.27. The van der Waals surface area contributed by atoms with Crippen LogP contribution in [0.5, 0.6) is 0 Å². The Bertz CT molecular complexity index is 137. The van der Waals surface area contributed by atoms with Gasteiger partial charge in [0.15, 0.2) is 0 Å². The molecule has 0 radical (unpaired) electrons. The summed E-state index contributed by atoms with van der Waals surface area (Å²) >= 11 is 0. The summed E-state index contributed by atoms with van der Waals surface area (Å²) in [6.07, 6.45) is 4.61. The Kier molecular flexibility index (Phi) is 2.14. The third-order valence-electron chi connectivity index (χ3n) is 1.84. The zero-order chi connectivity index (χ0) is 7.61. The Hall–Kier alpha value is -0.300. The van der Waals surface area contributed by atoms with Crippen LogP contribution in [-0.2, 0) is 4.74 Å². The molecule has 1 fully saturated rings. The fourth-order valence-electron chi connectivity index (χ4n) is 1.53. The average molecular weight is 140 g/mol. The lowest BCUT2D eigenvalue weighted by molar-refractivity contribution is 0.0607. The van der Waals surface area contributed by atoms with Crippen LogP contribution in [0.2, 0.25) is 0 Å². The maximum absolute atomic E-state index is 5.57. The second-order valence-electron chi connectivity index (χ2n) is 3.49. The predicted octanol–water partition coefficient (Wildman–Crippen LogP) is 2.52. The Morgan fingerprint density at radius 2 is 2.20 bits per heavy atom. The molecule has 0 spiro atoms. The second kappa shape index (κ2) is 2.75. The van der Waals surface area contributed by atoms with Crippen molar-refractivity contribution in [3.63, 3.8) is 0 Å². The summed E-state index contributed by atoms with van der Waals surface area (Å²) < 4.78 is 5.57. The molecule has 1 atom stereocenters. The standard InChI is InChI=1S/C9H16O/c1-8(2)7-9(3)5-4-6-10-9/h7H,4-6H2,1-3H3. The fraction of sp³-hybridized carbons (Fsp3) is 0.778. The molecule has 58 valence electrons. The second-order valence-corrected chi connectivity index (χ2v) is 3.49. The molecule has 10 heavy (non-hydrogen) atoms. The minimum Gasteiger partial charge on any atom is -0.371 e. The van der Waals surface area contributed by atoms with Crippen LogP contribution < -0.4 is 0 Å². The number of allylic oxidation sites excluding steroid dienone is 1. The topological polar surface area (TPSA) is 9.23 Å². The Labute approximate surface area is 63.1 Å². The van der Waals surface area contributed by atoms with E-state index in [2.05, 4.69) is 26.8 Å². The molecule has 0 aromatic carbocycles. The summed E-state index contributed by atoms with van der Waals surface area (Å²) in [6, 6.07) is 0. The molecular formula is C9H16O. The van der Waals surface area contributed by atoms with Crippen LogP contribution in [0, 0.1) is 0 Å². The van der Waals surface area contributed by atoms with Gasteiger partial charge in [0.2, 0.25) is 0 Å². The van der Waals surface area contributed by atoms with Crippen molar-refractivity contribution in [2.45, 2.75) is 39.2 Å². The third kappa shape index (κ3) is 1.84. The van der Waals surface area contributed by atoms with E-state index in [4.69, 9.17) is 4.74 Å². The van der Waals surface area contributed by atoms with Gasteiger partial charge in [-0.15, -0.1) is 0 Å². The molecule has 1 aliphatic heterocycles. The first kappa shape index (κ1) is 7.80. The Morgan fingerprint density at radius 1 is 1.50 bits per heavy atom. The monoisotopic (exact) mass is 140 g/mol. The van der Waals surface area contributed by atoms with E-state index in [0.717, 1.165) is 6.61 Å². The number of hydrogen-bond donors (Lipinski definition) is 0. The summed E-state index contributed by atoms with van der Waals surface area (Å²) in [7, 11) is 0. The van der Waals surface area contributed by atoms with Crippen molar-refractivity contribution in [3.8, 4) is 0 Å². The van der Waals surface area contributed by atoms with Crippen LogP contribution in [-0.4, -0.2) is 12.2 Å². The SMILES string of the molecule is CC(C)=CC1(C)CCCO1. The van der Waals surface area contributed by atoms with Crippen molar-refractivity contribution in [2.75, 3.05) is 6.61 Å². The van der Waals surface area contributed by atoms with Crippen molar-refractivity contribution >= 4 is 0 Å². The van der Waals surface area contributed by atoms with E-state index in [9.17, 15) is 0 Å². The van der Waals surface area contributed by atoms with Crippen LogP contribution in [0.4, 0.5) is 0 Å². The minimum absolute atomic E-state index is 0.0544. The molecule has 0 N–H and O–H groups in total. The van der Waals surface area contributed by atoms with Crippen LogP contribution in [0.15, 0.2) is 11.6 Å². The molecule has 0 aliphatic carbocycles. The lowest BCUT2D eigenvalue weighted by atomic mass is 10.0. The lowest BCUT2D eigenvalue weighted by Crippen LogP contribution is -2.19. The average Bonchev–Trinajstić information content (AvgIpc) is 2.12. The van der Waals surface area contributed by atoms with E-state index in [0.29, 0.717) is 0 Å². The van der Waals surface area contributed by atoms with Gasteiger partial charge in [-0.25, -0.2) is 0 Å². The number of hydrogen-bond acceptors (Lipinski definition) is 1. The van der Waals surface area contributed by atoms with Gasteiger partial charge in [0.05, 0.1) is 5.60 Å². The van der Waals surface area contributed by atoms with Crippen molar-refractivity contribution < 1.29 is 4.74 Å². The van der Waals surface area contributed by atoms with Gasteiger partial charge < -0.3 is 4.74 Å². The molecule has 1 rings (SSSR count). The zero-order valence-corrected chi connectivity index (χ0v) is 7.11. The molecular weight excluding hydrogens is 124 g/mol. The summed E-state index contributed by atoms with van der Waals surface area (Å²) in [6.45, 7) is 7.33. The van der Waals surface area contributed by atoms with Crippen LogP contribution >= 0.6 is 0 Å². The molecule has 0 bridgehead atoms. The number of ether oxygens (including phenoxy) is 1. The van der Waals surface area contributed by atoms with Gasteiger partial charge in [-0.1, -0.05) is 11.6 Å². The molecule has 1 aliphatic rings. The number of rotatable bonds is 1. The molecule has 1 nitrogen and oxygen atoms in total. The van der Waals surface area contributed by atoms with E-state index in [1.807, 2.05) is 0 Å². The van der Waals surface area contributed by atoms with Crippen molar-refractivity contribution in [3.05, 3.63) is 11.6 Å². The van der Waals surface area contributed by atoms with Crippen LogP contribution in [0.25, 0.3) is 0 Å². The molecule has 1 heterocycles. The van der Waals surface area contributed by atoms with Crippen LogP contribution in [0.1, 0.15) is 33.6 Å². The Morgan fingerprint density at radius 3 is 2.60 bits per heavy atom. The first-order chi connectivity index (χ1) is 4.62. The molecule has 1 unspecified atom stereocenters. The summed E-state index contributed by atoms with van der Waals surface area (Å²) in [5.74, 6) is 0. The smallest absolute Gasteiger partial charge is 0.0837 e. The van der Waals surface area contributed by atoms with E-state index < -0.39 is 0 Å².